The van der Waals surface area contributed by atoms with E-state index in [1.807, 2.05) is 0 Å². The molecule has 0 rings (SSSR count). The van der Waals surface area contributed by atoms with Crippen LogP contribution in [0.25, 0.3) is 0 Å². The summed E-state index contributed by atoms with van der Waals surface area (Å²) in [6, 6.07) is 0. The van der Waals surface area contributed by atoms with Crippen LogP contribution in [0.2, 0.25) is 0 Å². The molecule has 0 fully saturated rings. The Morgan fingerprint density at radius 2 is 1.21 bits per heavy atom. The van der Waals surface area contributed by atoms with Gasteiger partial charge in [-0.3, -0.25) is 4.79 Å². The zero-order chi connectivity index (χ0) is 10.6. The SMILES string of the molecule is O=C(Br)CCCCCCCCCCBr. The van der Waals surface area contributed by atoms with Gasteiger partial charge in [-0.2, -0.15) is 0 Å². The predicted molar refractivity (Wildman–Crippen MR) is 69.3 cm³/mol. The number of carbonyl (C=O) groups excluding carboxylic acids is 1. The Balaban J connectivity index is 2.88. The molecule has 0 bridgehead atoms. The van der Waals surface area contributed by atoms with E-state index in [0.717, 1.165) is 11.8 Å². The van der Waals surface area contributed by atoms with E-state index in [9.17, 15) is 4.79 Å². The molecule has 0 saturated heterocycles. The van der Waals surface area contributed by atoms with E-state index < -0.39 is 0 Å². The Labute approximate surface area is 104 Å². The van der Waals surface area contributed by atoms with Crippen LogP contribution in [0.15, 0.2) is 0 Å². The van der Waals surface area contributed by atoms with Crippen molar-refractivity contribution in [1.82, 2.24) is 0 Å². The fraction of sp³-hybridized carbons (Fsp3) is 0.909. The van der Waals surface area contributed by atoms with E-state index in [1.165, 1.54) is 44.9 Å². The summed E-state index contributed by atoms with van der Waals surface area (Å²) in [7, 11) is 0. The van der Waals surface area contributed by atoms with Crippen LogP contribution in [0, 0.1) is 0 Å². The first kappa shape index (κ1) is 14.6. The summed E-state index contributed by atoms with van der Waals surface area (Å²) < 4.78 is 0.148. The normalized spacial score (nSPS) is 10.4. The molecule has 84 valence electrons. The van der Waals surface area contributed by atoms with Crippen LogP contribution in [-0.4, -0.2) is 10.0 Å². The fourth-order valence-electron chi connectivity index (χ4n) is 1.42. The second-order valence-corrected chi connectivity index (χ2v) is 5.30. The Morgan fingerprint density at radius 3 is 1.64 bits per heavy atom. The van der Waals surface area contributed by atoms with Gasteiger partial charge in [-0.15, -0.1) is 0 Å². The van der Waals surface area contributed by atoms with Crippen molar-refractivity contribution in [1.29, 1.82) is 0 Å². The average molecular weight is 328 g/mol. The third kappa shape index (κ3) is 12.6. The van der Waals surface area contributed by atoms with Gasteiger partial charge in [0.1, 0.15) is 0 Å². The third-order valence-electron chi connectivity index (χ3n) is 2.26. The lowest BCUT2D eigenvalue weighted by atomic mass is 10.1. The number of alkyl halides is 1. The minimum absolute atomic E-state index is 0.148. The van der Waals surface area contributed by atoms with Gasteiger partial charge in [0.15, 0.2) is 4.69 Å². The van der Waals surface area contributed by atoms with Gasteiger partial charge in [0.05, 0.1) is 0 Å². The molecule has 0 atom stereocenters. The summed E-state index contributed by atoms with van der Waals surface area (Å²) in [6.45, 7) is 0. The summed E-state index contributed by atoms with van der Waals surface area (Å²) in [5.74, 6) is 0. The van der Waals surface area contributed by atoms with E-state index in [1.54, 1.807) is 0 Å². The van der Waals surface area contributed by atoms with E-state index >= 15 is 0 Å². The Hall–Kier alpha value is 0.630. The van der Waals surface area contributed by atoms with Gasteiger partial charge >= 0.3 is 0 Å². The Bertz CT molecular complexity index is 137. The first-order chi connectivity index (χ1) is 6.77. The first-order valence-electron chi connectivity index (χ1n) is 5.51. The largest absolute Gasteiger partial charge is 0.287 e. The number of hydrogen-bond donors (Lipinski definition) is 0. The maximum atomic E-state index is 10.6. The zero-order valence-electron chi connectivity index (χ0n) is 8.74. The van der Waals surface area contributed by atoms with Gasteiger partial charge in [-0.05, 0) is 28.8 Å². The average Bonchev–Trinajstić information content (AvgIpc) is 2.15. The molecule has 0 aliphatic carbocycles. The highest BCUT2D eigenvalue weighted by molar-refractivity contribution is 9.18. The summed E-state index contributed by atoms with van der Waals surface area (Å²) in [5, 5.41) is 1.14. The smallest absolute Gasteiger partial charge is 0.197 e. The number of rotatable bonds is 10. The van der Waals surface area contributed by atoms with Crippen molar-refractivity contribution >= 4 is 36.6 Å². The van der Waals surface area contributed by atoms with Crippen LogP contribution >= 0.6 is 31.9 Å². The molecule has 0 aromatic heterocycles. The minimum atomic E-state index is 0.148. The molecule has 0 aromatic carbocycles. The third-order valence-corrected chi connectivity index (χ3v) is 3.21. The van der Waals surface area contributed by atoms with E-state index in [2.05, 4.69) is 31.9 Å². The number of hydrogen-bond acceptors (Lipinski definition) is 1. The van der Waals surface area contributed by atoms with E-state index in [0.29, 0.717) is 6.42 Å². The van der Waals surface area contributed by atoms with Crippen LogP contribution in [0.3, 0.4) is 0 Å². The van der Waals surface area contributed by atoms with Gasteiger partial charge in [0.2, 0.25) is 0 Å². The van der Waals surface area contributed by atoms with Crippen molar-refractivity contribution in [2.75, 3.05) is 5.33 Å². The molecule has 0 amide bonds. The molecule has 1 nitrogen and oxygen atoms in total. The van der Waals surface area contributed by atoms with Gasteiger partial charge in [0, 0.05) is 11.8 Å². The maximum Gasteiger partial charge on any atom is 0.197 e. The number of carbonyl (C=O) groups is 1. The lowest BCUT2D eigenvalue weighted by Gasteiger charge is -2.00. The van der Waals surface area contributed by atoms with Crippen molar-refractivity contribution in [3.8, 4) is 0 Å². The minimum Gasteiger partial charge on any atom is -0.287 e. The topological polar surface area (TPSA) is 17.1 Å². The summed E-state index contributed by atoms with van der Waals surface area (Å²) in [4.78, 5) is 10.6. The number of unbranched alkanes of at least 4 members (excludes halogenated alkanes) is 7. The zero-order valence-corrected chi connectivity index (χ0v) is 11.9. The van der Waals surface area contributed by atoms with Gasteiger partial charge in [0.25, 0.3) is 0 Å². The van der Waals surface area contributed by atoms with E-state index in [-0.39, 0.29) is 4.69 Å². The summed E-state index contributed by atoms with van der Waals surface area (Å²) >= 11 is 6.37. The molecule has 0 N–H and O–H groups in total. The van der Waals surface area contributed by atoms with Crippen LogP contribution in [0.1, 0.15) is 57.8 Å². The first-order valence-corrected chi connectivity index (χ1v) is 7.43. The van der Waals surface area contributed by atoms with Crippen LogP contribution in [-0.2, 0) is 4.79 Å². The lowest BCUT2D eigenvalue weighted by molar-refractivity contribution is -0.110. The van der Waals surface area contributed by atoms with Crippen molar-refractivity contribution in [3.63, 3.8) is 0 Å². The molecule has 14 heavy (non-hydrogen) atoms. The highest BCUT2D eigenvalue weighted by Crippen LogP contribution is 2.10. The molecule has 0 spiro atoms. The van der Waals surface area contributed by atoms with Crippen molar-refractivity contribution in [2.45, 2.75) is 57.8 Å². The number of halogens is 2. The second-order valence-electron chi connectivity index (χ2n) is 3.62. The fourth-order valence-corrected chi connectivity index (χ4v) is 2.10. The molecular formula is C11H20Br2O. The van der Waals surface area contributed by atoms with Crippen molar-refractivity contribution in [3.05, 3.63) is 0 Å². The molecule has 0 aromatic rings. The van der Waals surface area contributed by atoms with Crippen molar-refractivity contribution in [2.24, 2.45) is 0 Å². The summed E-state index contributed by atoms with van der Waals surface area (Å²) in [5.41, 5.74) is 0. The van der Waals surface area contributed by atoms with E-state index in [4.69, 9.17) is 0 Å². The van der Waals surface area contributed by atoms with Gasteiger partial charge in [-0.1, -0.05) is 54.5 Å². The Morgan fingerprint density at radius 1 is 0.786 bits per heavy atom. The van der Waals surface area contributed by atoms with Gasteiger partial charge < -0.3 is 0 Å². The van der Waals surface area contributed by atoms with Crippen LogP contribution in [0.4, 0.5) is 0 Å². The van der Waals surface area contributed by atoms with Crippen molar-refractivity contribution < 1.29 is 4.79 Å². The van der Waals surface area contributed by atoms with Gasteiger partial charge in [-0.25, -0.2) is 0 Å². The van der Waals surface area contributed by atoms with Crippen LogP contribution in [0.5, 0.6) is 0 Å². The highest BCUT2D eigenvalue weighted by Gasteiger charge is 1.95. The molecule has 0 unspecified atom stereocenters. The standard InChI is InChI=1S/C11H20Br2O/c12-10-8-6-4-2-1-3-5-7-9-11(13)14/h1-10H2. The Kier molecular flexibility index (Phi) is 12.2. The molecular weight excluding hydrogens is 308 g/mol. The van der Waals surface area contributed by atoms with Crippen LogP contribution < -0.4 is 0 Å². The molecule has 0 aliphatic heterocycles. The quantitative estimate of drug-likeness (QED) is 0.319. The molecule has 0 saturated carbocycles. The predicted octanol–water partition coefficient (Wildman–Crippen LogP) is 4.81. The lowest BCUT2D eigenvalue weighted by Crippen LogP contribution is -1.86. The molecule has 3 heteroatoms. The molecule has 0 aliphatic rings. The summed E-state index contributed by atoms with van der Waals surface area (Å²) in [6.07, 6.45) is 10.9. The highest BCUT2D eigenvalue weighted by atomic mass is 79.9. The monoisotopic (exact) mass is 326 g/mol. The molecule has 0 radical (unpaired) electrons. The second kappa shape index (κ2) is 11.7. The molecule has 0 heterocycles. The maximum absolute atomic E-state index is 10.6.